The maximum absolute atomic E-state index is 4.52. The second-order valence-electron chi connectivity index (χ2n) is 5.62. The van der Waals surface area contributed by atoms with Gasteiger partial charge in [-0.15, -0.1) is 0 Å². The Bertz CT molecular complexity index is 942. The Labute approximate surface area is 128 Å². The molecule has 1 N–H and O–H groups in total. The number of H-pyrrole nitrogens is 1. The van der Waals surface area contributed by atoms with Crippen molar-refractivity contribution in [3.8, 4) is 16.8 Å². The fourth-order valence-electron chi connectivity index (χ4n) is 2.90. The van der Waals surface area contributed by atoms with Gasteiger partial charge in [0, 0.05) is 29.5 Å². The molecule has 0 spiro atoms. The van der Waals surface area contributed by atoms with Gasteiger partial charge in [0.1, 0.15) is 5.65 Å². The minimum Gasteiger partial charge on any atom is -0.346 e. The average molecular weight is 288 g/mol. The number of nitrogens with one attached hydrogen (secondary N) is 1. The van der Waals surface area contributed by atoms with Crippen LogP contribution in [-0.4, -0.2) is 19.7 Å². The van der Waals surface area contributed by atoms with Crippen LogP contribution >= 0.6 is 0 Å². The smallest absolute Gasteiger partial charge is 0.137 e. The highest BCUT2D eigenvalue weighted by molar-refractivity contribution is 5.92. The van der Waals surface area contributed by atoms with Gasteiger partial charge < -0.3 is 4.98 Å². The van der Waals surface area contributed by atoms with E-state index in [0.717, 1.165) is 27.8 Å². The Morgan fingerprint density at radius 1 is 1.05 bits per heavy atom. The molecule has 0 aliphatic heterocycles. The molecule has 4 nitrogen and oxygen atoms in total. The number of benzene rings is 1. The first-order chi connectivity index (χ1) is 10.7. The van der Waals surface area contributed by atoms with Crippen molar-refractivity contribution >= 4 is 11.0 Å². The number of nitrogens with zero attached hydrogens (tertiary/aromatic N) is 3. The van der Waals surface area contributed by atoms with Crippen LogP contribution in [0, 0.1) is 13.8 Å². The van der Waals surface area contributed by atoms with E-state index >= 15 is 0 Å². The molecule has 0 saturated carbocycles. The molecule has 4 aromatic rings. The van der Waals surface area contributed by atoms with Gasteiger partial charge in [0.15, 0.2) is 0 Å². The zero-order valence-electron chi connectivity index (χ0n) is 12.5. The molecule has 0 aliphatic carbocycles. The lowest BCUT2D eigenvalue weighted by atomic mass is 10.1. The number of hydrogen-bond acceptors (Lipinski definition) is 2. The fraction of sp³-hybridized carbons (Fsp3) is 0.111. The van der Waals surface area contributed by atoms with Crippen LogP contribution in [0.25, 0.3) is 27.8 Å². The number of fused-ring (bicyclic) bond motifs is 1. The minimum atomic E-state index is 0.900. The zero-order valence-corrected chi connectivity index (χ0v) is 12.5. The molecule has 0 unspecified atom stereocenters. The van der Waals surface area contributed by atoms with E-state index in [9.17, 15) is 0 Å². The quantitative estimate of drug-likeness (QED) is 0.605. The molecule has 1 aromatic carbocycles. The van der Waals surface area contributed by atoms with Crippen molar-refractivity contribution < 1.29 is 0 Å². The fourth-order valence-corrected chi connectivity index (χ4v) is 2.90. The van der Waals surface area contributed by atoms with E-state index in [1.54, 1.807) is 0 Å². The van der Waals surface area contributed by atoms with Crippen LogP contribution in [-0.2, 0) is 0 Å². The summed E-state index contributed by atoms with van der Waals surface area (Å²) in [5.41, 5.74) is 6.70. The summed E-state index contributed by atoms with van der Waals surface area (Å²) in [6, 6.07) is 10.5. The van der Waals surface area contributed by atoms with E-state index in [4.69, 9.17) is 0 Å². The van der Waals surface area contributed by atoms with Crippen LogP contribution in [0.5, 0.6) is 0 Å². The van der Waals surface area contributed by atoms with Crippen molar-refractivity contribution in [3.05, 3.63) is 66.2 Å². The van der Waals surface area contributed by atoms with E-state index in [1.807, 2.05) is 35.4 Å². The third kappa shape index (κ3) is 2.09. The van der Waals surface area contributed by atoms with E-state index in [2.05, 4.69) is 53.3 Å². The standard InChI is InChI=1S/C18H16N4/c1-12-7-13(2)9-15(8-12)22-11-14(10-21-22)16-3-5-19-18-17(16)4-6-20-18/h3-11H,1-2H3,(H,19,20). The van der Waals surface area contributed by atoms with Crippen LogP contribution in [0.2, 0.25) is 0 Å². The second-order valence-corrected chi connectivity index (χ2v) is 5.62. The Kier molecular flexibility index (Phi) is 2.82. The Hall–Kier alpha value is -2.88. The highest BCUT2D eigenvalue weighted by Crippen LogP contribution is 2.27. The first-order valence-electron chi connectivity index (χ1n) is 7.26. The van der Waals surface area contributed by atoms with Crippen LogP contribution < -0.4 is 0 Å². The summed E-state index contributed by atoms with van der Waals surface area (Å²) < 4.78 is 1.92. The van der Waals surface area contributed by atoms with Crippen LogP contribution in [0.3, 0.4) is 0 Å². The van der Waals surface area contributed by atoms with Crippen molar-refractivity contribution in [2.24, 2.45) is 0 Å². The van der Waals surface area contributed by atoms with Crippen LogP contribution in [0.1, 0.15) is 11.1 Å². The molecule has 3 heterocycles. The molecule has 0 amide bonds. The summed E-state index contributed by atoms with van der Waals surface area (Å²) in [7, 11) is 0. The Balaban J connectivity index is 1.83. The summed E-state index contributed by atoms with van der Waals surface area (Å²) >= 11 is 0. The highest BCUT2D eigenvalue weighted by atomic mass is 15.3. The van der Waals surface area contributed by atoms with E-state index in [1.165, 1.54) is 11.1 Å². The van der Waals surface area contributed by atoms with Crippen LogP contribution in [0.15, 0.2) is 55.1 Å². The molecule has 0 fully saturated rings. The molecule has 0 atom stereocenters. The monoisotopic (exact) mass is 288 g/mol. The molecule has 3 aromatic heterocycles. The van der Waals surface area contributed by atoms with Gasteiger partial charge in [-0.05, 0) is 54.8 Å². The molecule has 0 bridgehead atoms. The first-order valence-corrected chi connectivity index (χ1v) is 7.26. The van der Waals surface area contributed by atoms with Crippen molar-refractivity contribution in [2.75, 3.05) is 0 Å². The van der Waals surface area contributed by atoms with Crippen molar-refractivity contribution in [1.29, 1.82) is 0 Å². The maximum atomic E-state index is 4.52. The summed E-state index contributed by atoms with van der Waals surface area (Å²) in [4.78, 5) is 7.48. The molecular formula is C18H16N4. The predicted molar refractivity (Wildman–Crippen MR) is 88.1 cm³/mol. The molecule has 108 valence electrons. The summed E-state index contributed by atoms with van der Waals surface area (Å²) in [6.45, 7) is 4.21. The van der Waals surface area contributed by atoms with Gasteiger partial charge >= 0.3 is 0 Å². The van der Waals surface area contributed by atoms with Gasteiger partial charge in [-0.2, -0.15) is 5.10 Å². The van der Waals surface area contributed by atoms with E-state index < -0.39 is 0 Å². The van der Waals surface area contributed by atoms with Crippen molar-refractivity contribution in [2.45, 2.75) is 13.8 Å². The highest BCUT2D eigenvalue weighted by Gasteiger charge is 2.08. The molecule has 4 rings (SSSR count). The molecule has 0 saturated heterocycles. The van der Waals surface area contributed by atoms with Gasteiger partial charge in [-0.3, -0.25) is 0 Å². The molecular weight excluding hydrogens is 272 g/mol. The van der Waals surface area contributed by atoms with Gasteiger partial charge in [0.2, 0.25) is 0 Å². The lowest BCUT2D eigenvalue weighted by Crippen LogP contribution is -1.95. The van der Waals surface area contributed by atoms with Crippen LogP contribution in [0.4, 0.5) is 0 Å². The number of rotatable bonds is 2. The number of pyridine rings is 1. The first kappa shape index (κ1) is 12.8. The summed E-state index contributed by atoms with van der Waals surface area (Å²) in [5.74, 6) is 0. The van der Waals surface area contributed by atoms with E-state index in [-0.39, 0.29) is 0 Å². The summed E-state index contributed by atoms with van der Waals surface area (Å²) in [5, 5.41) is 5.64. The van der Waals surface area contributed by atoms with E-state index in [0.29, 0.717) is 0 Å². The number of hydrogen-bond donors (Lipinski definition) is 1. The lowest BCUT2D eigenvalue weighted by molar-refractivity contribution is 0.878. The molecule has 22 heavy (non-hydrogen) atoms. The van der Waals surface area contributed by atoms with Crippen molar-refractivity contribution in [3.63, 3.8) is 0 Å². The van der Waals surface area contributed by atoms with Crippen molar-refractivity contribution in [1.82, 2.24) is 19.7 Å². The lowest BCUT2D eigenvalue weighted by Gasteiger charge is -2.04. The zero-order chi connectivity index (χ0) is 15.1. The van der Waals surface area contributed by atoms with Gasteiger partial charge in [0.05, 0.1) is 11.9 Å². The SMILES string of the molecule is Cc1cc(C)cc(-n2cc(-c3ccnc4[nH]ccc34)cn2)c1. The average Bonchev–Trinajstić information content (AvgIpc) is 3.15. The largest absolute Gasteiger partial charge is 0.346 e. The second kappa shape index (κ2) is 4.84. The molecule has 4 heteroatoms. The topological polar surface area (TPSA) is 46.5 Å². The van der Waals surface area contributed by atoms with Gasteiger partial charge in [-0.1, -0.05) is 6.07 Å². The minimum absolute atomic E-state index is 0.900. The molecule has 0 radical (unpaired) electrons. The Morgan fingerprint density at radius 2 is 1.86 bits per heavy atom. The molecule has 0 aliphatic rings. The van der Waals surface area contributed by atoms with Gasteiger partial charge in [-0.25, -0.2) is 9.67 Å². The maximum Gasteiger partial charge on any atom is 0.137 e. The number of aromatic amines is 1. The normalized spacial score (nSPS) is 11.2. The third-order valence-electron chi connectivity index (χ3n) is 3.82. The summed E-state index contributed by atoms with van der Waals surface area (Å²) in [6.07, 6.45) is 7.70. The third-order valence-corrected chi connectivity index (χ3v) is 3.82. The Morgan fingerprint density at radius 3 is 2.68 bits per heavy atom. The predicted octanol–water partition coefficient (Wildman–Crippen LogP) is 4.03. The number of aryl methyl sites for hydroxylation is 2. The van der Waals surface area contributed by atoms with Gasteiger partial charge in [0.25, 0.3) is 0 Å². The number of aromatic nitrogens is 4.